The molecule has 0 aliphatic heterocycles. The minimum atomic E-state index is -0.493. The summed E-state index contributed by atoms with van der Waals surface area (Å²) >= 11 is 0. The number of hydrogen-bond acceptors (Lipinski definition) is 10. The third-order valence-corrected chi connectivity index (χ3v) is 6.92. The zero-order chi connectivity index (χ0) is 29.5. The summed E-state index contributed by atoms with van der Waals surface area (Å²) in [7, 11) is 1.71. The second-order valence-electron chi connectivity index (χ2n) is 10.4. The van der Waals surface area contributed by atoms with Gasteiger partial charge in [-0.15, -0.1) is 5.10 Å². The molecule has 2 heterocycles. The Kier molecular flexibility index (Phi) is 9.64. The maximum atomic E-state index is 12.5. The number of nitro benzene ring substituents is 1. The molecule has 0 amide bonds. The number of aryl methyl sites for hydroxylation is 2. The predicted octanol–water partition coefficient (Wildman–Crippen LogP) is 4.52. The van der Waals surface area contributed by atoms with E-state index in [0.717, 1.165) is 25.0 Å². The van der Waals surface area contributed by atoms with Crippen molar-refractivity contribution in [2.45, 2.75) is 78.1 Å². The number of ether oxygens (including phenoxy) is 3. The second-order valence-corrected chi connectivity index (χ2v) is 10.4. The zero-order valence-electron chi connectivity index (χ0n) is 23.7. The molecule has 0 bridgehead atoms. The van der Waals surface area contributed by atoms with Crippen LogP contribution >= 0.6 is 0 Å². The first-order valence-corrected chi connectivity index (χ1v) is 13.8. The highest BCUT2D eigenvalue weighted by Gasteiger charge is 2.30. The average molecular weight is 566 g/mol. The number of nitro groups is 1. The fourth-order valence-corrected chi connectivity index (χ4v) is 4.79. The molecule has 2 aromatic heterocycles. The lowest BCUT2D eigenvalue weighted by Crippen LogP contribution is -2.32. The summed E-state index contributed by atoms with van der Waals surface area (Å²) in [6, 6.07) is 9.42. The van der Waals surface area contributed by atoms with Gasteiger partial charge in [0, 0.05) is 19.2 Å². The van der Waals surface area contributed by atoms with Crippen molar-refractivity contribution >= 4 is 17.6 Å². The smallest absolute Gasteiger partial charge is 0.310 e. The first kappa shape index (κ1) is 29.6. The quantitative estimate of drug-likeness (QED) is 0.184. The second kappa shape index (κ2) is 13.3. The Morgan fingerprint density at radius 2 is 1.90 bits per heavy atom. The molecule has 2 atom stereocenters. The van der Waals surface area contributed by atoms with Gasteiger partial charge in [-0.3, -0.25) is 19.7 Å². The van der Waals surface area contributed by atoms with E-state index in [4.69, 9.17) is 19.2 Å². The number of non-ortho nitro benzene ring substituents is 1. The van der Waals surface area contributed by atoms with Crippen molar-refractivity contribution < 1.29 is 28.7 Å². The van der Waals surface area contributed by atoms with Crippen LogP contribution in [0.25, 0.3) is 11.4 Å². The summed E-state index contributed by atoms with van der Waals surface area (Å²) in [6.07, 6.45) is 3.50. The third kappa shape index (κ3) is 7.65. The molecule has 0 N–H and O–H groups in total. The number of esters is 2. The summed E-state index contributed by atoms with van der Waals surface area (Å²) in [5.41, 5.74) is 2.95. The maximum Gasteiger partial charge on any atom is 0.310 e. The van der Waals surface area contributed by atoms with Crippen molar-refractivity contribution in [3.05, 3.63) is 63.5 Å². The van der Waals surface area contributed by atoms with Gasteiger partial charge in [0.1, 0.15) is 23.7 Å². The fourth-order valence-electron chi connectivity index (χ4n) is 4.79. The molecule has 0 saturated heterocycles. The fraction of sp³-hybridized carbons (Fsp3) is 0.483. The van der Waals surface area contributed by atoms with E-state index in [1.807, 2.05) is 26.8 Å². The van der Waals surface area contributed by atoms with Gasteiger partial charge in [-0.05, 0) is 63.6 Å². The van der Waals surface area contributed by atoms with Gasteiger partial charge in [0.05, 0.1) is 40.9 Å². The first-order valence-electron chi connectivity index (χ1n) is 13.8. The van der Waals surface area contributed by atoms with Gasteiger partial charge in [0.25, 0.3) is 5.69 Å². The van der Waals surface area contributed by atoms with E-state index in [0.29, 0.717) is 41.2 Å². The molecule has 1 aliphatic carbocycles. The van der Waals surface area contributed by atoms with E-state index in [2.05, 4.69) is 10.3 Å². The Bertz CT molecular complexity index is 1390. The van der Waals surface area contributed by atoms with Crippen molar-refractivity contribution in [2.75, 3.05) is 0 Å². The van der Waals surface area contributed by atoms with Crippen LogP contribution in [0.2, 0.25) is 0 Å². The standard InChI is InChI=1S/C29H35N5O7/c1-5-23-26(41-22-8-6-7-20(16-22)29(36)40-18(2)3)14-13-24(30-23)28-25(33(4)32-31-28)17-39-27(35)15-19-9-11-21(12-10-19)34(37)38/h9-14,18,20,22H,5-8,15-17H2,1-4H3/t20-,22-/m0/s1. The molecular formula is C29H35N5O7. The van der Waals surface area contributed by atoms with Gasteiger partial charge in [0.15, 0.2) is 0 Å². The normalized spacial score (nSPS) is 16.8. The van der Waals surface area contributed by atoms with Gasteiger partial charge >= 0.3 is 11.9 Å². The van der Waals surface area contributed by atoms with Crippen molar-refractivity contribution in [1.82, 2.24) is 20.0 Å². The van der Waals surface area contributed by atoms with Gasteiger partial charge in [-0.1, -0.05) is 24.3 Å². The number of nitrogens with zero attached hydrogens (tertiary/aromatic N) is 5. The van der Waals surface area contributed by atoms with Gasteiger partial charge in [-0.25, -0.2) is 9.67 Å². The minimum absolute atomic E-state index is 0.0277. The van der Waals surface area contributed by atoms with Crippen LogP contribution in [0.4, 0.5) is 5.69 Å². The van der Waals surface area contributed by atoms with Crippen molar-refractivity contribution in [3.63, 3.8) is 0 Å². The van der Waals surface area contributed by atoms with Crippen molar-refractivity contribution in [1.29, 1.82) is 0 Å². The van der Waals surface area contributed by atoms with E-state index in [-0.39, 0.29) is 42.8 Å². The number of carbonyl (C=O) groups is 2. The highest BCUT2D eigenvalue weighted by Crippen LogP contribution is 2.31. The molecule has 1 fully saturated rings. The third-order valence-electron chi connectivity index (χ3n) is 6.92. The molecule has 41 heavy (non-hydrogen) atoms. The molecule has 0 spiro atoms. The molecule has 12 heteroatoms. The Labute approximate surface area is 238 Å². The van der Waals surface area contributed by atoms with Gasteiger partial charge in [-0.2, -0.15) is 0 Å². The van der Waals surface area contributed by atoms with Crippen LogP contribution in [0.1, 0.15) is 63.4 Å². The minimum Gasteiger partial charge on any atom is -0.488 e. The Morgan fingerprint density at radius 3 is 2.59 bits per heavy atom. The summed E-state index contributed by atoms with van der Waals surface area (Å²) < 4.78 is 18.8. The molecule has 0 unspecified atom stereocenters. The van der Waals surface area contributed by atoms with Crippen LogP contribution in [0.15, 0.2) is 36.4 Å². The number of carbonyl (C=O) groups excluding carboxylic acids is 2. The van der Waals surface area contributed by atoms with E-state index < -0.39 is 10.9 Å². The number of pyridine rings is 1. The average Bonchev–Trinajstić information content (AvgIpc) is 3.32. The molecule has 4 rings (SSSR count). The van der Waals surface area contributed by atoms with Crippen LogP contribution in [-0.2, 0) is 45.6 Å². The molecule has 218 valence electrons. The highest BCUT2D eigenvalue weighted by molar-refractivity contribution is 5.73. The van der Waals surface area contributed by atoms with E-state index in [9.17, 15) is 19.7 Å². The lowest BCUT2D eigenvalue weighted by molar-refractivity contribution is -0.384. The number of hydrogen-bond donors (Lipinski definition) is 0. The molecule has 1 aliphatic rings. The monoisotopic (exact) mass is 565 g/mol. The summed E-state index contributed by atoms with van der Waals surface area (Å²) in [6.45, 7) is 5.62. The zero-order valence-corrected chi connectivity index (χ0v) is 23.7. The molecule has 12 nitrogen and oxygen atoms in total. The maximum absolute atomic E-state index is 12.5. The van der Waals surface area contributed by atoms with Gasteiger partial charge < -0.3 is 14.2 Å². The Balaban J connectivity index is 1.41. The summed E-state index contributed by atoms with van der Waals surface area (Å²) in [5, 5.41) is 19.2. The van der Waals surface area contributed by atoms with Crippen LogP contribution < -0.4 is 4.74 Å². The van der Waals surface area contributed by atoms with E-state index >= 15 is 0 Å². The number of benzene rings is 1. The largest absolute Gasteiger partial charge is 0.488 e. The lowest BCUT2D eigenvalue weighted by atomic mass is 9.87. The van der Waals surface area contributed by atoms with Crippen LogP contribution in [0.5, 0.6) is 5.75 Å². The number of rotatable bonds is 11. The molecule has 3 aromatic rings. The number of aromatic nitrogens is 4. The van der Waals surface area contributed by atoms with Gasteiger partial charge in [0.2, 0.25) is 0 Å². The highest BCUT2D eigenvalue weighted by atomic mass is 16.6. The predicted molar refractivity (Wildman–Crippen MR) is 148 cm³/mol. The van der Waals surface area contributed by atoms with E-state index in [1.54, 1.807) is 13.1 Å². The molecular weight excluding hydrogens is 530 g/mol. The van der Waals surface area contributed by atoms with Crippen molar-refractivity contribution in [2.24, 2.45) is 13.0 Å². The lowest BCUT2D eigenvalue weighted by Gasteiger charge is -2.29. The summed E-state index contributed by atoms with van der Waals surface area (Å²) in [4.78, 5) is 40.0. The topological polar surface area (TPSA) is 149 Å². The molecule has 1 aromatic carbocycles. The molecule has 0 radical (unpaired) electrons. The summed E-state index contributed by atoms with van der Waals surface area (Å²) in [5.74, 6) is -0.154. The van der Waals surface area contributed by atoms with Crippen LogP contribution in [-0.4, -0.2) is 49.0 Å². The molecule has 1 saturated carbocycles. The van der Waals surface area contributed by atoms with E-state index in [1.165, 1.54) is 28.9 Å². The Hall–Kier alpha value is -4.35. The van der Waals surface area contributed by atoms with Crippen LogP contribution in [0, 0.1) is 16.0 Å². The Morgan fingerprint density at radius 1 is 1.15 bits per heavy atom. The van der Waals surface area contributed by atoms with Crippen LogP contribution in [0.3, 0.4) is 0 Å². The van der Waals surface area contributed by atoms with Crippen molar-refractivity contribution in [3.8, 4) is 17.1 Å². The SMILES string of the molecule is CCc1nc(-c2nnn(C)c2COC(=O)Cc2ccc([N+](=O)[O-])cc2)ccc1O[C@H]1CCC[C@H](C(=O)OC(C)C)C1. The first-order chi connectivity index (χ1) is 19.6.